The van der Waals surface area contributed by atoms with Crippen LogP contribution in [0.25, 0.3) is 0 Å². The van der Waals surface area contributed by atoms with Gasteiger partial charge in [-0.05, 0) is 112 Å². The van der Waals surface area contributed by atoms with Crippen LogP contribution in [-0.2, 0) is 27.8 Å². The Bertz CT molecular complexity index is 2660. The maximum Gasteiger partial charge on any atom is 0.261 e. The lowest BCUT2D eigenvalue weighted by Gasteiger charge is -2.53. The first-order valence-corrected chi connectivity index (χ1v) is 33.2. The van der Waals surface area contributed by atoms with Crippen LogP contribution in [0.1, 0.15) is 138 Å². The molecule has 4 fully saturated rings. The molecule has 5 aromatic rings. The summed E-state index contributed by atoms with van der Waals surface area (Å²) in [4.78, 5) is 0. The minimum atomic E-state index is -3.26. The summed E-state index contributed by atoms with van der Waals surface area (Å²) in [6.45, 7) is 29.1. The van der Waals surface area contributed by atoms with Crippen LogP contribution in [0.5, 0.6) is 0 Å². The van der Waals surface area contributed by atoms with Crippen LogP contribution in [0.4, 0.5) is 0 Å². The predicted octanol–water partition coefficient (Wildman–Crippen LogP) is 12.9. The number of benzene rings is 5. The van der Waals surface area contributed by atoms with Crippen LogP contribution in [0.3, 0.4) is 0 Å². The van der Waals surface area contributed by atoms with Crippen molar-refractivity contribution in [1.82, 2.24) is 0 Å². The molecule has 0 aliphatic carbocycles. The third-order valence-corrected chi connectivity index (χ3v) is 27.8. The van der Waals surface area contributed by atoms with Crippen LogP contribution < -0.4 is 20.7 Å². The first kappa shape index (κ1) is 58.2. The van der Waals surface area contributed by atoms with Crippen LogP contribution in [0.2, 0.25) is 10.1 Å². The van der Waals surface area contributed by atoms with E-state index in [4.69, 9.17) is 27.8 Å². The molecule has 13 atom stereocenters. The van der Waals surface area contributed by atoms with Gasteiger partial charge < -0.3 is 32.9 Å². The van der Waals surface area contributed by atoms with Crippen LogP contribution in [-0.4, -0.2) is 88.9 Å². The van der Waals surface area contributed by atoms with E-state index in [1.54, 1.807) is 0 Å². The predicted molar refractivity (Wildman–Crippen MR) is 323 cm³/mol. The lowest BCUT2D eigenvalue weighted by molar-refractivity contribution is -0.255. The van der Waals surface area contributed by atoms with Gasteiger partial charge in [0, 0.05) is 12.3 Å². The molecule has 4 heterocycles. The molecule has 0 bridgehead atoms. The SMILES string of the molecule is C=C=C(C)C[C@@H](C)CC[C@@H]1O[C@@H](CC(c2ccccc2)C(O)CC2O[C@H]3[C@@H](O[Si](c4ccccc4)(c4ccccc4)C(C)(C)C)[C@H]4O[C@@H](CCC)CC[C@@H]4O[C@H]3[C@H]2O[Si](c2ccccc2)(c2ccccc2)C(C)(C)C)CC1=C. The van der Waals surface area contributed by atoms with Gasteiger partial charge in [-0.2, -0.15) is 0 Å². The Morgan fingerprint density at radius 2 is 1.12 bits per heavy atom. The topological polar surface area (TPSA) is 75.6 Å². The number of aliphatic hydroxyl groups is 1. The van der Waals surface area contributed by atoms with E-state index in [0.717, 1.165) is 62.5 Å². The van der Waals surface area contributed by atoms with Gasteiger partial charge in [-0.15, -0.1) is 5.73 Å². The number of hydrogen-bond acceptors (Lipinski definition) is 7. The van der Waals surface area contributed by atoms with Gasteiger partial charge in [0.05, 0.1) is 36.6 Å². The normalized spacial score (nSPS) is 26.8. The Hall–Kier alpha value is -4.49. The second-order valence-corrected chi connectivity index (χ2v) is 33.9. The van der Waals surface area contributed by atoms with Crippen molar-refractivity contribution in [3.8, 4) is 0 Å². The molecule has 3 unspecified atom stereocenters. The summed E-state index contributed by atoms with van der Waals surface area (Å²) < 4.78 is 46.4. The Labute approximate surface area is 470 Å². The van der Waals surface area contributed by atoms with Crippen molar-refractivity contribution in [3.63, 3.8) is 0 Å². The molecule has 4 aliphatic heterocycles. The van der Waals surface area contributed by atoms with E-state index >= 15 is 0 Å². The fourth-order valence-electron chi connectivity index (χ4n) is 13.9. The number of allylic oxidation sites excluding steroid dienone is 1. The summed E-state index contributed by atoms with van der Waals surface area (Å²) >= 11 is 0. The van der Waals surface area contributed by atoms with E-state index in [1.165, 1.54) is 26.3 Å². The highest BCUT2D eigenvalue weighted by Gasteiger charge is 2.64. The molecule has 0 saturated carbocycles. The lowest BCUT2D eigenvalue weighted by Crippen LogP contribution is -2.73. The minimum absolute atomic E-state index is 0.0168. The lowest BCUT2D eigenvalue weighted by atomic mass is 9.84. The molecule has 0 radical (unpaired) electrons. The van der Waals surface area contributed by atoms with Gasteiger partial charge in [-0.3, -0.25) is 0 Å². The fourth-order valence-corrected chi connectivity index (χ4v) is 23.3. The molecule has 4 aliphatic rings. The molecule has 416 valence electrons. The number of hydrogen-bond donors (Lipinski definition) is 1. The summed E-state index contributed by atoms with van der Waals surface area (Å²) in [6.07, 6.45) is 4.06. The van der Waals surface area contributed by atoms with Gasteiger partial charge in [-0.1, -0.05) is 227 Å². The third kappa shape index (κ3) is 12.2. The number of fused-ring (bicyclic) bond motifs is 2. The van der Waals surface area contributed by atoms with Crippen LogP contribution in [0.15, 0.2) is 182 Å². The van der Waals surface area contributed by atoms with Crippen molar-refractivity contribution >= 4 is 37.4 Å². The molecule has 0 spiro atoms. The molecule has 4 saturated heterocycles. The minimum Gasteiger partial charge on any atom is -0.399 e. The van der Waals surface area contributed by atoms with Crippen molar-refractivity contribution in [2.45, 2.75) is 210 Å². The van der Waals surface area contributed by atoms with Gasteiger partial charge in [0.25, 0.3) is 16.6 Å². The zero-order valence-electron chi connectivity index (χ0n) is 48.3. The van der Waals surface area contributed by atoms with Crippen LogP contribution in [0, 0.1) is 5.92 Å². The standard InChI is InChI=1S/C69H90O7Si2/c1-12-29-52-41-43-61-63(72-52)67(76-78(69(9,10)11,56-36-25-17-26-37-56)57-38-27-18-28-39-57)66-65(73-61)64(75-77(68(6,7)8,54-32-21-15-22-33-54)55-34-23-16-24-35-55)62(74-66)47-59(70)58(51-30-19-14-20-31-51)46-53-45-50(5)60(71-53)42-40-49(4)44-48(3)13-2/h14-28,30-39,49,52-53,58-67,70H,2,5,12,29,40-47H2,1,3-4,6-11H3/t49-,52-,53+,58?,59?,60-,61-,62?,63-,64-,65-,66+,67-/m0/s1. The number of rotatable bonds is 21. The Morgan fingerprint density at radius 1 is 0.628 bits per heavy atom. The van der Waals surface area contributed by atoms with Gasteiger partial charge in [0.2, 0.25) is 0 Å². The van der Waals surface area contributed by atoms with E-state index in [9.17, 15) is 5.11 Å². The molecule has 0 aromatic heterocycles. The molecule has 1 N–H and O–H groups in total. The molecule has 9 heteroatoms. The zero-order valence-corrected chi connectivity index (χ0v) is 50.3. The molecular weight excluding hydrogens is 997 g/mol. The smallest absolute Gasteiger partial charge is 0.261 e. The third-order valence-electron chi connectivity index (χ3n) is 17.7. The molecule has 5 aromatic carbocycles. The van der Waals surface area contributed by atoms with Crippen LogP contribution >= 0.6 is 0 Å². The van der Waals surface area contributed by atoms with Crippen molar-refractivity contribution in [2.75, 3.05) is 0 Å². The van der Waals surface area contributed by atoms with Gasteiger partial charge in [-0.25, -0.2) is 0 Å². The first-order valence-electron chi connectivity index (χ1n) is 29.4. The summed E-state index contributed by atoms with van der Waals surface area (Å²) in [5.74, 6) is 0.237. The first-order chi connectivity index (χ1) is 37.5. The van der Waals surface area contributed by atoms with Crippen molar-refractivity contribution < 1.29 is 32.9 Å². The van der Waals surface area contributed by atoms with E-state index < -0.39 is 59.4 Å². The van der Waals surface area contributed by atoms with Gasteiger partial charge in [0.1, 0.15) is 30.5 Å². The van der Waals surface area contributed by atoms with Crippen molar-refractivity contribution in [1.29, 1.82) is 0 Å². The molecular formula is C69H90O7Si2. The van der Waals surface area contributed by atoms with Crippen molar-refractivity contribution in [2.24, 2.45) is 5.92 Å². The average molecular weight is 1090 g/mol. The number of aliphatic hydroxyl groups excluding tert-OH is 1. The Kier molecular flexibility index (Phi) is 18.7. The Morgan fingerprint density at radius 3 is 1.60 bits per heavy atom. The van der Waals surface area contributed by atoms with Gasteiger partial charge >= 0.3 is 0 Å². The monoisotopic (exact) mass is 1090 g/mol. The molecule has 78 heavy (non-hydrogen) atoms. The molecule has 9 rings (SSSR count). The maximum absolute atomic E-state index is 13.3. The van der Waals surface area contributed by atoms with E-state index in [2.05, 4.69) is 233 Å². The highest BCUT2D eigenvalue weighted by molar-refractivity contribution is 7.00. The highest BCUT2D eigenvalue weighted by atomic mass is 28.4. The number of ether oxygens (including phenoxy) is 4. The van der Waals surface area contributed by atoms with E-state index in [0.29, 0.717) is 18.8 Å². The second kappa shape index (κ2) is 25.1. The fraction of sp³-hybridized carbons (Fsp3) is 0.493. The summed E-state index contributed by atoms with van der Waals surface area (Å²) in [7, 11) is -6.47. The molecule has 0 amide bonds. The van der Waals surface area contributed by atoms with E-state index in [-0.39, 0.29) is 40.4 Å². The Balaban J connectivity index is 1.15. The van der Waals surface area contributed by atoms with E-state index in [1.807, 2.05) is 0 Å². The largest absolute Gasteiger partial charge is 0.399 e. The van der Waals surface area contributed by atoms with Crippen molar-refractivity contribution in [3.05, 3.63) is 187 Å². The quantitative estimate of drug-likeness (QED) is 0.0446. The highest BCUT2D eigenvalue weighted by Crippen LogP contribution is 2.49. The average Bonchev–Trinajstić information content (AvgIpc) is 3.99. The summed E-state index contributed by atoms with van der Waals surface area (Å²) in [5.41, 5.74) is 6.48. The summed E-state index contributed by atoms with van der Waals surface area (Å²) in [6, 6.07) is 54.2. The second-order valence-electron chi connectivity index (χ2n) is 25.4. The van der Waals surface area contributed by atoms with Gasteiger partial charge in [0.15, 0.2) is 0 Å². The zero-order chi connectivity index (χ0) is 55.2. The maximum atomic E-state index is 13.3. The summed E-state index contributed by atoms with van der Waals surface area (Å²) in [5, 5.41) is 17.4. The molecule has 7 nitrogen and oxygen atoms in total.